The molecule has 0 fully saturated rings. The first-order valence-corrected chi connectivity index (χ1v) is 21.7. The van der Waals surface area contributed by atoms with Crippen LogP contribution in [0.1, 0.15) is 233 Å². The quantitative estimate of drug-likeness (QED) is 0.0609. The van der Waals surface area contributed by atoms with Gasteiger partial charge >= 0.3 is 0 Å². The summed E-state index contributed by atoms with van der Waals surface area (Å²) in [5, 5.41) is 0. The number of hydrogen-bond donors (Lipinski definition) is 2. The molecule has 0 aromatic carbocycles. The van der Waals surface area contributed by atoms with Crippen molar-refractivity contribution < 1.29 is 26.8 Å². The molecule has 0 aromatic heterocycles. The largest absolute Gasteiger partial charge is 1.00 e. The van der Waals surface area contributed by atoms with Gasteiger partial charge in [-0.05, 0) is 25.7 Å². The first kappa shape index (κ1) is 54.1. The molecule has 290 valence electrons. The Morgan fingerprint density at radius 1 is 0.277 bits per heavy atom. The van der Waals surface area contributed by atoms with Gasteiger partial charge in [-0.1, -0.05) is 207 Å². The Hall–Kier alpha value is 0.360. The van der Waals surface area contributed by atoms with Crippen LogP contribution in [0.5, 0.6) is 0 Å². The van der Waals surface area contributed by atoms with E-state index >= 15 is 0 Å². The highest BCUT2D eigenvalue weighted by Gasteiger charge is 1.97. The number of rotatable bonds is 35. The lowest BCUT2D eigenvalue weighted by atomic mass is 10.0. The predicted molar refractivity (Wildman–Crippen MR) is 214 cm³/mol. The number of nitrogens with one attached hydrogen (secondary N) is 3. The van der Waals surface area contributed by atoms with E-state index in [1.807, 2.05) is 6.92 Å². The van der Waals surface area contributed by atoms with E-state index in [0.29, 0.717) is 6.54 Å². The molecule has 3 N–H and O–H groups in total. The van der Waals surface area contributed by atoms with Gasteiger partial charge < -0.3 is 32.5 Å². The minimum absolute atomic E-state index is 0. The maximum Gasteiger partial charge on any atom is 0.0766 e. The fourth-order valence-electron chi connectivity index (χ4n) is 6.05. The van der Waals surface area contributed by atoms with E-state index < -0.39 is 0 Å². The average Bonchev–Trinajstić information content (AvgIpc) is 3.04. The van der Waals surface area contributed by atoms with Crippen LogP contribution < -0.4 is 26.8 Å². The molecule has 3 nitrogen and oxygen atoms in total. The Labute approximate surface area is 311 Å². The van der Waals surface area contributed by atoms with Gasteiger partial charge in [0, 0.05) is 0 Å². The molecule has 47 heavy (non-hydrogen) atoms. The average molecular weight is 735 g/mol. The number of halogens is 1. The number of quaternary nitrogens is 2. The molecule has 4 heteroatoms. The molecule has 0 aliphatic heterocycles. The van der Waals surface area contributed by atoms with Crippen LogP contribution >= 0.6 is 0 Å². The molecule has 0 heterocycles. The van der Waals surface area contributed by atoms with E-state index in [2.05, 4.69) is 42.0 Å². The summed E-state index contributed by atoms with van der Waals surface area (Å²) in [4.78, 5) is 3.20. The molecule has 0 aliphatic rings. The standard InChI is InChI=1S/2C20H43N.C3H8N.BrH/c2*1-4-5-6-7-8-9-10-11-12-13-14-15-16-17-18-19-20-21(2)3;1-2-3-4;/h2*4-20H2,1-3H3;4H,2-3H2,1H3;1H/q;;-1;/p+1. The van der Waals surface area contributed by atoms with E-state index in [4.69, 9.17) is 5.73 Å². The van der Waals surface area contributed by atoms with Crippen molar-refractivity contribution in [1.82, 2.24) is 0 Å². The van der Waals surface area contributed by atoms with Gasteiger partial charge in [-0.3, -0.25) is 0 Å². The van der Waals surface area contributed by atoms with Crippen molar-refractivity contribution in [2.24, 2.45) is 0 Å². The van der Waals surface area contributed by atoms with E-state index in [1.165, 1.54) is 219 Å². The molecule has 0 unspecified atom stereocenters. The third-order valence-electron chi connectivity index (χ3n) is 9.31. The zero-order valence-electron chi connectivity index (χ0n) is 34.3. The van der Waals surface area contributed by atoms with Crippen LogP contribution in [-0.4, -0.2) is 47.8 Å². The number of hydrogen-bond acceptors (Lipinski definition) is 0. The molecule has 0 rings (SSSR count). The van der Waals surface area contributed by atoms with Crippen molar-refractivity contribution in [2.45, 2.75) is 233 Å². The second-order valence-corrected chi connectivity index (χ2v) is 15.3. The van der Waals surface area contributed by atoms with E-state index in [0.717, 1.165) is 6.42 Å². The van der Waals surface area contributed by atoms with Crippen LogP contribution in [0.3, 0.4) is 0 Å². The summed E-state index contributed by atoms with van der Waals surface area (Å²) < 4.78 is 0. The van der Waals surface area contributed by atoms with Crippen molar-refractivity contribution >= 4 is 0 Å². The monoisotopic (exact) mass is 734 g/mol. The van der Waals surface area contributed by atoms with Crippen LogP contribution in [0.15, 0.2) is 0 Å². The Morgan fingerprint density at radius 2 is 0.426 bits per heavy atom. The van der Waals surface area contributed by atoms with Crippen molar-refractivity contribution in [1.29, 1.82) is 0 Å². The summed E-state index contributed by atoms with van der Waals surface area (Å²) in [6.45, 7) is 9.85. The topological polar surface area (TPSA) is 32.7 Å². The molecule has 0 atom stereocenters. The van der Waals surface area contributed by atoms with Gasteiger partial charge in [0.15, 0.2) is 0 Å². The highest BCUT2D eigenvalue weighted by atomic mass is 79.9. The van der Waals surface area contributed by atoms with Crippen molar-refractivity contribution in [3.63, 3.8) is 0 Å². The van der Waals surface area contributed by atoms with E-state index in [9.17, 15) is 0 Å². The van der Waals surface area contributed by atoms with Gasteiger partial charge in [-0.2, -0.15) is 6.54 Å². The Bertz CT molecular complexity index is 430. The van der Waals surface area contributed by atoms with Crippen molar-refractivity contribution in [2.75, 3.05) is 47.8 Å². The van der Waals surface area contributed by atoms with Gasteiger partial charge in [0.2, 0.25) is 0 Å². The first-order chi connectivity index (χ1) is 22.5. The van der Waals surface area contributed by atoms with Crippen LogP contribution in [0.25, 0.3) is 5.73 Å². The summed E-state index contributed by atoms with van der Waals surface area (Å²) in [5.41, 5.74) is 6.45. The van der Waals surface area contributed by atoms with Crippen LogP contribution in [0.2, 0.25) is 0 Å². The number of unbranched alkanes of at least 4 members (excludes halogenated alkanes) is 30. The van der Waals surface area contributed by atoms with Crippen LogP contribution in [-0.2, 0) is 0 Å². The summed E-state index contributed by atoms with van der Waals surface area (Å²) in [7, 11) is 9.02. The summed E-state index contributed by atoms with van der Waals surface area (Å²) in [5.74, 6) is 0. The van der Waals surface area contributed by atoms with Crippen molar-refractivity contribution in [3.05, 3.63) is 5.73 Å². The highest BCUT2D eigenvalue weighted by molar-refractivity contribution is 4.51. The van der Waals surface area contributed by atoms with Crippen molar-refractivity contribution in [3.8, 4) is 0 Å². The maximum absolute atomic E-state index is 6.45. The molecule has 0 bridgehead atoms. The molecule has 0 aromatic rings. The minimum atomic E-state index is 0. The fraction of sp³-hybridized carbons (Fsp3) is 1.00. The zero-order chi connectivity index (χ0) is 34.6. The molecule has 0 aliphatic carbocycles. The van der Waals surface area contributed by atoms with Gasteiger partial charge in [-0.15, -0.1) is 0 Å². The molecule has 0 saturated carbocycles. The lowest BCUT2D eigenvalue weighted by molar-refractivity contribution is -0.858. The smallest absolute Gasteiger partial charge is 0.0766 e. The van der Waals surface area contributed by atoms with Gasteiger partial charge in [0.25, 0.3) is 0 Å². The Balaban J connectivity index is -0.000000346. The van der Waals surface area contributed by atoms with Crippen LogP contribution in [0.4, 0.5) is 0 Å². The Morgan fingerprint density at radius 3 is 0.553 bits per heavy atom. The molecular formula is C43H96BrN3. The normalized spacial score (nSPS) is 10.9. The molecule has 0 spiro atoms. The van der Waals surface area contributed by atoms with E-state index in [1.54, 1.807) is 9.80 Å². The maximum atomic E-state index is 6.45. The Kier molecular flexibility index (Phi) is 61.2. The third-order valence-corrected chi connectivity index (χ3v) is 9.31. The summed E-state index contributed by atoms with van der Waals surface area (Å²) >= 11 is 0. The lowest BCUT2D eigenvalue weighted by Gasteiger charge is -2.06. The van der Waals surface area contributed by atoms with Gasteiger partial charge in [0.1, 0.15) is 0 Å². The van der Waals surface area contributed by atoms with Gasteiger partial charge in [0.05, 0.1) is 41.3 Å². The molecular weight excluding hydrogens is 638 g/mol. The first-order valence-electron chi connectivity index (χ1n) is 21.7. The molecule has 0 saturated heterocycles. The zero-order valence-corrected chi connectivity index (χ0v) is 35.9. The summed E-state index contributed by atoms with van der Waals surface area (Å²) in [6.07, 6.45) is 47.8. The molecule has 0 radical (unpaired) electrons. The van der Waals surface area contributed by atoms with Gasteiger partial charge in [-0.25, -0.2) is 0 Å². The van der Waals surface area contributed by atoms with E-state index in [-0.39, 0.29) is 17.0 Å². The minimum Gasteiger partial charge on any atom is -1.00 e. The van der Waals surface area contributed by atoms with Crippen LogP contribution in [0, 0.1) is 0 Å². The third kappa shape index (κ3) is 65.4. The molecule has 0 amide bonds. The fourth-order valence-corrected chi connectivity index (χ4v) is 6.05. The summed E-state index contributed by atoms with van der Waals surface area (Å²) in [6, 6.07) is 0. The highest BCUT2D eigenvalue weighted by Crippen LogP contribution is 2.15. The second kappa shape index (κ2) is 53.2. The lowest BCUT2D eigenvalue weighted by Crippen LogP contribution is -3.05. The second-order valence-electron chi connectivity index (χ2n) is 15.3. The SMILES string of the molecule is CCCCCCCCCCCCCCCCCC[NH+](C)C.CCCCCCCCCCCCCCCCCC[NH+](C)C.CCC[NH-].[Br-]. The predicted octanol–water partition coefficient (Wildman–Crippen LogP) is 9.24.